The Morgan fingerprint density at radius 2 is 1.38 bits per heavy atom. The molecular weight excluding hydrogens is 216 g/mol. The van der Waals surface area contributed by atoms with Crippen molar-refractivity contribution in [2.24, 2.45) is 5.41 Å². The van der Waals surface area contributed by atoms with Crippen LogP contribution in [0.1, 0.15) is 66.2 Å². The Bertz CT molecular complexity index is 364. The number of rotatable bonds is 1. The van der Waals surface area contributed by atoms with Crippen LogP contribution in [0.3, 0.4) is 0 Å². The zero-order valence-corrected chi connectivity index (χ0v) is 12.6. The van der Waals surface area contributed by atoms with Crippen LogP contribution in [0, 0.1) is 5.41 Å². The minimum atomic E-state index is 0.00694. The maximum atomic E-state index is 4.73. The fourth-order valence-corrected chi connectivity index (χ4v) is 1.96. The molecule has 0 saturated heterocycles. The summed E-state index contributed by atoms with van der Waals surface area (Å²) >= 11 is 1.54. The summed E-state index contributed by atoms with van der Waals surface area (Å²) in [6.07, 6.45) is 0. The van der Waals surface area contributed by atoms with Crippen LogP contribution in [-0.4, -0.2) is 9.36 Å². The largest absolute Gasteiger partial charge is 0.223 e. The van der Waals surface area contributed by atoms with Crippen LogP contribution in [0.2, 0.25) is 0 Å². The first-order valence-corrected chi connectivity index (χ1v) is 6.58. The molecule has 0 aliphatic carbocycles. The lowest BCUT2D eigenvalue weighted by atomic mass is 9.69. The first-order chi connectivity index (χ1) is 6.96. The summed E-state index contributed by atoms with van der Waals surface area (Å²) in [6.45, 7) is 17.7. The molecule has 0 spiro atoms. The van der Waals surface area contributed by atoms with E-state index in [4.69, 9.17) is 4.98 Å². The van der Waals surface area contributed by atoms with Gasteiger partial charge >= 0.3 is 0 Å². The summed E-state index contributed by atoms with van der Waals surface area (Å²) in [6, 6.07) is 0. The van der Waals surface area contributed by atoms with Gasteiger partial charge in [-0.05, 0) is 16.9 Å². The highest BCUT2D eigenvalue weighted by Crippen LogP contribution is 2.40. The van der Waals surface area contributed by atoms with Crippen LogP contribution >= 0.6 is 11.5 Å². The molecule has 0 N–H and O–H groups in total. The molecule has 0 aromatic carbocycles. The van der Waals surface area contributed by atoms with E-state index in [2.05, 4.69) is 59.8 Å². The van der Waals surface area contributed by atoms with Crippen LogP contribution in [0.15, 0.2) is 0 Å². The SMILES string of the molecule is CC(C)(C)c1nc(C(C)(C)C(C)(C)C)ns1. The summed E-state index contributed by atoms with van der Waals surface area (Å²) in [4.78, 5) is 4.73. The van der Waals surface area contributed by atoms with Gasteiger partial charge in [-0.1, -0.05) is 55.4 Å². The molecule has 0 amide bonds. The Labute approximate surface area is 104 Å². The Hall–Kier alpha value is -0.440. The summed E-state index contributed by atoms with van der Waals surface area (Å²) in [7, 11) is 0. The van der Waals surface area contributed by atoms with Crippen molar-refractivity contribution >= 4 is 11.5 Å². The van der Waals surface area contributed by atoms with Crippen LogP contribution < -0.4 is 0 Å². The van der Waals surface area contributed by atoms with Gasteiger partial charge in [-0.2, -0.15) is 4.37 Å². The molecule has 16 heavy (non-hydrogen) atoms. The predicted molar refractivity (Wildman–Crippen MR) is 71.1 cm³/mol. The van der Waals surface area contributed by atoms with Crippen molar-refractivity contribution in [1.29, 1.82) is 0 Å². The summed E-state index contributed by atoms with van der Waals surface area (Å²) in [5.41, 5.74) is 0.278. The zero-order valence-electron chi connectivity index (χ0n) is 11.8. The van der Waals surface area contributed by atoms with Crippen molar-refractivity contribution in [3.8, 4) is 0 Å². The van der Waals surface area contributed by atoms with Crippen LogP contribution in [0.5, 0.6) is 0 Å². The molecule has 3 heteroatoms. The van der Waals surface area contributed by atoms with E-state index in [9.17, 15) is 0 Å². The van der Waals surface area contributed by atoms with E-state index in [0.29, 0.717) is 0 Å². The Kier molecular flexibility index (Phi) is 3.23. The van der Waals surface area contributed by atoms with Gasteiger partial charge < -0.3 is 0 Å². The smallest absolute Gasteiger partial charge is 0.148 e. The van der Waals surface area contributed by atoms with Crippen molar-refractivity contribution in [2.45, 2.75) is 66.2 Å². The highest BCUT2D eigenvalue weighted by Gasteiger charge is 2.38. The quantitative estimate of drug-likeness (QED) is 0.736. The predicted octanol–water partition coefficient (Wildman–Crippen LogP) is 4.16. The van der Waals surface area contributed by atoms with Gasteiger partial charge in [0.25, 0.3) is 0 Å². The minimum absolute atomic E-state index is 0.00694. The number of hydrogen-bond acceptors (Lipinski definition) is 3. The molecule has 1 aromatic rings. The van der Waals surface area contributed by atoms with E-state index in [1.54, 1.807) is 0 Å². The van der Waals surface area contributed by atoms with Gasteiger partial charge in [-0.3, -0.25) is 0 Å². The average Bonchev–Trinajstić information content (AvgIpc) is 2.47. The lowest BCUT2D eigenvalue weighted by Crippen LogP contribution is -2.35. The van der Waals surface area contributed by atoms with Gasteiger partial charge in [0.1, 0.15) is 10.8 Å². The van der Waals surface area contributed by atoms with Crippen molar-refractivity contribution < 1.29 is 0 Å². The molecule has 0 bridgehead atoms. The van der Waals surface area contributed by atoms with Crippen molar-refractivity contribution in [3.05, 3.63) is 10.8 Å². The molecule has 0 fully saturated rings. The molecule has 0 atom stereocenters. The second kappa shape index (κ2) is 3.80. The maximum Gasteiger partial charge on any atom is 0.148 e. The van der Waals surface area contributed by atoms with Gasteiger partial charge in [0.15, 0.2) is 0 Å². The maximum absolute atomic E-state index is 4.73. The fourth-order valence-electron chi connectivity index (χ4n) is 1.12. The molecule has 92 valence electrons. The first-order valence-electron chi connectivity index (χ1n) is 5.81. The van der Waals surface area contributed by atoms with Gasteiger partial charge in [-0.15, -0.1) is 0 Å². The summed E-state index contributed by atoms with van der Waals surface area (Å²) in [5, 5.41) is 1.12. The normalized spacial score (nSPS) is 14.2. The molecular formula is C13H24N2S. The second-order valence-electron chi connectivity index (χ2n) is 7.05. The number of aromatic nitrogens is 2. The van der Waals surface area contributed by atoms with Gasteiger partial charge in [0.2, 0.25) is 0 Å². The molecule has 1 aromatic heterocycles. The molecule has 0 radical (unpaired) electrons. The Morgan fingerprint density at radius 3 is 1.69 bits per heavy atom. The second-order valence-corrected chi connectivity index (χ2v) is 7.80. The monoisotopic (exact) mass is 240 g/mol. The fraction of sp³-hybridized carbons (Fsp3) is 0.846. The third kappa shape index (κ3) is 2.45. The van der Waals surface area contributed by atoms with E-state index in [0.717, 1.165) is 10.8 Å². The van der Waals surface area contributed by atoms with Gasteiger partial charge in [0.05, 0.1) is 0 Å². The third-order valence-electron chi connectivity index (χ3n) is 3.50. The van der Waals surface area contributed by atoms with Gasteiger partial charge in [-0.25, -0.2) is 4.98 Å². The van der Waals surface area contributed by atoms with E-state index < -0.39 is 0 Å². The van der Waals surface area contributed by atoms with E-state index in [-0.39, 0.29) is 16.2 Å². The van der Waals surface area contributed by atoms with Crippen molar-refractivity contribution in [1.82, 2.24) is 9.36 Å². The Morgan fingerprint density at radius 1 is 0.875 bits per heavy atom. The molecule has 1 heterocycles. The number of nitrogens with zero attached hydrogens (tertiary/aromatic N) is 2. The third-order valence-corrected chi connectivity index (χ3v) is 4.64. The highest BCUT2D eigenvalue weighted by atomic mass is 32.1. The van der Waals surface area contributed by atoms with Crippen LogP contribution in [-0.2, 0) is 10.8 Å². The molecule has 0 aliphatic rings. The molecule has 2 nitrogen and oxygen atoms in total. The topological polar surface area (TPSA) is 25.8 Å². The molecule has 1 rings (SSSR count). The molecule has 0 aliphatic heterocycles. The lowest BCUT2D eigenvalue weighted by Gasteiger charge is -2.36. The van der Waals surface area contributed by atoms with Crippen molar-refractivity contribution in [3.63, 3.8) is 0 Å². The number of hydrogen-bond donors (Lipinski definition) is 0. The summed E-state index contributed by atoms with van der Waals surface area (Å²) < 4.78 is 4.55. The van der Waals surface area contributed by atoms with Crippen molar-refractivity contribution in [2.75, 3.05) is 0 Å². The van der Waals surface area contributed by atoms with E-state index in [1.807, 2.05) is 0 Å². The van der Waals surface area contributed by atoms with E-state index in [1.165, 1.54) is 11.5 Å². The van der Waals surface area contributed by atoms with E-state index >= 15 is 0 Å². The highest BCUT2D eigenvalue weighted by molar-refractivity contribution is 7.05. The van der Waals surface area contributed by atoms with Crippen LogP contribution in [0.25, 0.3) is 0 Å². The lowest BCUT2D eigenvalue weighted by molar-refractivity contribution is 0.215. The average molecular weight is 240 g/mol. The molecule has 0 unspecified atom stereocenters. The first kappa shape index (κ1) is 13.6. The molecule has 0 saturated carbocycles. The Balaban J connectivity index is 3.13. The minimum Gasteiger partial charge on any atom is -0.223 e. The standard InChI is InChI=1S/C13H24N2S/c1-11(2,3)10-14-9(15-16-10)13(7,8)12(4,5)6/h1-8H3. The van der Waals surface area contributed by atoms with Gasteiger partial charge in [0, 0.05) is 10.8 Å². The van der Waals surface area contributed by atoms with Crippen LogP contribution in [0.4, 0.5) is 0 Å². The summed E-state index contributed by atoms with van der Waals surface area (Å²) in [5.74, 6) is 0.981. The zero-order chi connectivity index (χ0) is 12.8.